The molecule has 16 heavy (non-hydrogen) atoms. The van der Waals surface area contributed by atoms with Gasteiger partial charge in [-0.25, -0.2) is 0 Å². The molecule has 2 fully saturated rings. The molecule has 0 unspecified atom stereocenters. The van der Waals surface area contributed by atoms with Gasteiger partial charge in [0.1, 0.15) is 0 Å². The molecule has 2 saturated carbocycles. The van der Waals surface area contributed by atoms with E-state index in [1.54, 1.807) is 25.7 Å². The second kappa shape index (κ2) is 10.4. The maximum atomic E-state index is 7.75. The number of nitrogens with zero attached hydrogens (tertiary/aromatic N) is 1. The van der Waals surface area contributed by atoms with Gasteiger partial charge >= 0.3 is 0 Å². The number of fused-ring (bicyclic) bond motifs is 1. The first-order valence-electron chi connectivity index (χ1n) is 6.81. The summed E-state index contributed by atoms with van der Waals surface area (Å²) in [7, 11) is 1.42. The highest BCUT2D eigenvalue weighted by molar-refractivity contribution is 7.77. The SMILES string of the molecule is C1CCC2CCCCC2C1.CC.CN(O)S. The molecular formula is C13H29NOS. The molecule has 0 aromatic rings. The quantitative estimate of drug-likeness (QED) is 0.485. The molecule has 0 heterocycles. The molecule has 0 saturated heterocycles. The summed E-state index contributed by atoms with van der Waals surface area (Å²) in [4.78, 5) is 0. The Labute approximate surface area is 107 Å². The summed E-state index contributed by atoms with van der Waals surface area (Å²) < 4.78 is 0.694. The van der Waals surface area contributed by atoms with Crippen LogP contribution >= 0.6 is 12.8 Å². The van der Waals surface area contributed by atoms with Crippen LogP contribution < -0.4 is 0 Å². The minimum absolute atomic E-state index is 0.694. The maximum Gasteiger partial charge on any atom is 0.0237 e. The van der Waals surface area contributed by atoms with Crippen LogP contribution in [0.15, 0.2) is 0 Å². The van der Waals surface area contributed by atoms with E-state index in [9.17, 15) is 0 Å². The Kier molecular flexibility index (Phi) is 10.6. The third-order valence-corrected chi connectivity index (χ3v) is 3.47. The zero-order chi connectivity index (χ0) is 12.4. The van der Waals surface area contributed by atoms with Gasteiger partial charge in [0.15, 0.2) is 0 Å². The molecule has 0 amide bonds. The Morgan fingerprint density at radius 1 is 0.875 bits per heavy atom. The van der Waals surface area contributed by atoms with E-state index in [4.69, 9.17) is 5.21 Å². The van der Waals surface area contributed by atoms with Gasteiger partial charge in [-0.3, -0.25) is 0 Å². The van der Waals surface area contributed by atoms with Crippen LogP contribution in [-0.2, 0) is 0 Å². The number of hydrogen-bond donors (Lipinski definition) is 2. The lowest BCUT2D eigenvalue weighted by Crippen LogP contribution is -2.22. The normalized spacial score (nSPS) is 28.1. The van der Waals surface area contributed by atoms with E-state index in [0.717, 1.165) is 11.8 Å². The number of rotatable bonds is 0. The van der Waals surface area contributed by atoms with Gasteiger partial charge in [0.05, 0.1) is 0 Å². The summed E-state index contributed by atoms with van der Waals surface area (Å²) in [5.74, 6) is 2.31. The first kappa shape index (κ1) is 16.3. The van der Waals surface area contributed by atoms with Gasteiger partial charge in [-0.05, 0) is 11.8 Å². The Hall–Kier alpha value is 0.270. The first-order valence-corrected chi connectivity index (χ1v) is 7.21. The van der Waals surface area contributed by atoms with Crippen molar-refractivity contribution >= 4 is 12.8 Å². The van der Waals surface area contributed by atoms with E-state index in [1.165, 1.54) is 32.7 Å². The lowest BCUT2D eigenvalue weighted by molar-refractivity contribution is 0.0484. The molecule has 2 aliphatic rings. The number of hydroxylamine groups is 1. The van der Waals surface area contributed by atoms with Crippen molar-refractivity contribution in [2.24, 2.45) is 11.8 Å². The average Bonchev–Trinajstić information content (AvgIpc) is 2.31. The van der Waals surface area contributed by atoms with E-state index in [2.05, 4.69) is 12.8 Å². The third-order valence-electron chi connectivity index (χ3n) is 3.47. The van der Waals surface area contributed by atoms with Gasteiger partial charge in [-0.15, -0.1) is 4.47 Å². The van der Waals surface area contributed by atoms with Crippen molar-refractivity contribution in [3.8, 4) is 0 Å². The van der Waals surface area contributed by atoms with Crippen LogP contribution in [0.2, 0.25) is 0 Å². The molecule has 0 aromatic carbocycles. The molecule has 2 nitrogen and oxygen atoms in total. The Bertz CT molecular complexity index is 124. The summed E-state index contributed by atoms with van der Waals surface area (Å²) in [6, 6.07) is 0. The zero-order valence-electron chi connectivity index (χ0n) is 11.2. The molecule has 0 atom stereocenters. The topological polar surface area (TPSA) is 23.5 Å². The van der Waals surface area contributed by atoms with Gasteiger partial charge in [-0.1, -0.05) is 78.0 Å². The van der Waals surface area contributed by atoms with E-state index >= 15 is 0 Å². The van der Waals surface area contributed by atoms with E-state index in [1.807, 2.05) is 13.8 Å². The molecule has 0 spiro atoms. The minimum atomic E-state index is 0.694. The van der Waals surface area contributed by atoms with E-state index in [-0.39, 0.29) is 0 Å². The van der Waals surface area contributed by atoms with Crippen molar-refractivity contribution in [3.05, 3.63) is 0 Å². The highest BCUT2D eigenvalue weighted by Gasteiger charge is 2.26. The predicted molar refractivity (Wildman–Crippen MR) is 73.8 cm³/mol. The van der Waals surface area contributed by atoms with Crippen LogP contribution in [0, 0.1) is 11.8 Å². The van der Waals surface area contributed by atoms with Crippen molar-refractivity contribution in [1.29, 1.82) is 0 Å². The van der Waals surface area contributed by atoms with Crippen molar-refractivity contribution in [2.45, 2.75) is 65.2 Å². The maximum absolute atomic E-state index is 7.75. The molecule has 3 heteroatoms. The summed E-state index contributed by atoms with van der Waals surface area (Å²) >= 11 is 3.35. The average molecular weight is 247 g/mol. The molecule has 0 aromatic heterocycles. The Balaban J connectivity index is 0.000000323. The Morgan fingerprint density at radius 3 is 1.25 bits per heavy atom. The van der Waals surface area contributed by atoms with Crippen LogP contribution in [0.25, 0.3) is 0 Å². The van der Waals surface area contributed by atoms with Crippen molar-refractivity contribution < 1.29 is 5.21 Å². The zero-order valence-corrected chi connectivity index (χ0v) is 12.0. The smallest absolute Gasteiger partial charge is 0.0237 e. The lowest BCUT2D eigenvalue weighted by atomic mass is 9.71. The fourth-order valence-corrected chi connectivity index (χ4v) is 2.86. The van der Waals surface area contributed by atoms with Crippen LogP contribution in [0.4, 0.5) is 0 Å². The second-order valence-corrected chi connectivity index (χ2v) is 5.16. The summed E-state index contributed by atoms with van der Waals surface area (Å²) in [6.07, 6.45) is 12.4. The van der Waals surface area contributed by atoms with Crippen molar-refractivity contribution in [2.75, 3.05) is 7.05 Å². The Morgan fingerprint density at radius 2 is 1.06 bits per heavy atom. The summed E-state index contributed by atoms with van der Waals surface area (Å²) in [6.45, 7) is 4.00. The minimum Gasteiger partial charge on any atom is -0.304 e. The van der Waals surface area contributed by atoms with Gasteiger partial charge in [0.25, 0.3) is 0 Å². The molecule has 0 radical (unpaired) electrons. The molecule has 98 valence electrons. The standard InChI is InChI=1S/C10H18.C2H6.CH5NOS/c1-2-6-10-8-4-3-7-9(10)5-1;1-2;1-2(3)4/h9-10H,1-8H2;1-2H3;3-4H,1H3. The van der Waals surface area contributed by atoms with Crippen LogP contribution in [0.3, 0.4) is 0 Å². The molecular weight excluding hydrogens is 218 g/mol. The van der Waals surface area contributed by atoms with Crippen LogP contribution in [-0.4, -0.2) is 16.7 Å². The van der Waals surface area contributed by atoms with Gasteiger partial charge in [-0.2, -0.15) is 0 Å². The highest BCUT2D eigenvalue weighted by atomic mass is 32.1. The highest BCUT2D eigenvalue weighted by Crippen LogP contribution is 2.39. The monoisotopic (exact) mass is 247 g/mol. The molecule has 1 N–H and O–H groups in total. The fourth-order valence-electron chi connectivity index (χ4n) is 2.86. The van der Waals surface area contributed by atoms with E-state index < -0.39 is 0 Å². The summed E-state index contributed by atoms with van der Waals surface area (Å²) in [5.41, 5.74) is 0. The summed E-state index contributed by atoms with van der Waals surface area (Å²) in [5, 5.41) is 7.75. The van der Waals surface area contributed by atoms with Gasteiger partial charge in [0.2, 0.25) is 0 Å². The van der Waals surface area contributed by atoms with Crippen LogP contribution in [0.5, 0.6) is 0 Å². The van der Waals surface area contributed by atoms with Gasteiger partial charge < -0.3 is 5.21 Å². The number of hydrogen-bond acceptors (Lipinski definition) is 3. The van der Waals surface area contributed by atoms with Gasteiger partial charge in [0, 0.05) is 7.05 Å². The third kappa shape index (κ3) is 7.53. The molecule has 0 bridgehead atoms. The molecule has 2 rings (SSSR count). The number of thiol groups is 1. The van der Waals surface area contributed by atoms with Crippen molar-refractivity contribution in [3.63, 3.8) is 0 Å². The largest absolute Gasteiger partial charge is 0.304 e. The van der Waals surface area contributed by atoms with E-state index in [0.29, 0.717) is 4.47 Å². The van der Waals surface area contributed by atoms with Crippen molar-refractivity contribution in [1.82, 2.24) is 4.47 Å². The lowest BCUT2D eigenvalue weighted by Gasteiger charge is -2.35. The molecule has 2 aliphatic carbocycles. The molecule has 0 aliphatic heterocycles. The first-order chi connectivity index (χ1) is 7.70. The fraction of sp³-hybridized carbons (Fsp3) is 1.00. The predicted octanol–water partition coefficient (Wildman–Crippen LogP) is 4.55. The second-order valence-electron chi connectivity index (χ2n) is 4.58. The van der Waals surface area contributed by atoms with Crippen LogP contribution in [0.1, 0.15) is 65.2 Å².